The van der Waals surface area contributed by atoms with Gasteiger partial charge in [-0.1, -0.05) is 0 Å². The predicted molar refractivity (Wildman–Crippen MR) is 43.3 cm³/mol. The molecule has 1 rings (SSSR count). The molecule has 0 unspecified atom stereocenters. The van der Waals surface area contributed by atoms with E-state index in [4.69, 9.17) is 0 Å². The van der Waals surface area contributed by atoms with Crippen molar-refractivity contribution < 1.29 is 27.2 Å². The monoisotopic (exact) mass is 220 g/mol. The second-order valence-electron chi connectivity index (χ2n) is 2.84. The molecule has 0 N–H and O–H groups in total. The van der Waals surface area contributed by atoms with E-state index in [0.717, 1.165) is 0 Å². The number of halogens is 3. The molecule has 1 heterocycles. The maximum atomic E-state index is 11.7. The number of hydrogen-bond acceptors (Lipinski definition) is 3. The summed E-state index contributed by atoms with van der Waals surface area (Å²) in [6, 6.07) is 2.61. The van der Waals surface area contributed by atoms with E-state index in [9.17, 15) is 22.8 Å². The molecular formula is C9H7F3O3. The number of hydrogen-bond donors (Lipinski definition) is 0. The number of carbonyl (C=O) groups is 2. The Labute approximate surface area is 82.9 Å². The van der Waals surface area contributed by atoms with Crippen molar-refractivity contribution in [3.8, 4) is 0 Å². The molecule has 82 valence electrons. The van der Waals surface area contributed by atoms with Crippen LogP contribution in [0.5, 0.6) is 0 Å². The van der Waals surface area contributed by atoms with E-state index in [0.29, 0.717) is 0 Å². The van der Waals surface area contributed by atoms with Crippen LogP contribution >= 0.6 is 0 Å². The molecule has 0 bridgehead atoms. The first-order valence-electron chi connectivity index (χ1n) is 4.08. The quantitative estimate of drug-likeness (QED) is 0.578. The molecule has 0 aliphatic heterocycles. The third-order valence-corrected chi connectivity index (χ3v) is 1.63. The smallest absolute Gasteiger partial charge is 0.389 e. The molecule has 0 aliphatic carbocycles. The van der Waals surface area contributed by atoms with Gasteiger partial charge in [0.05, 0.1) is 12.7 Å². The molecule has 0 fully saturated rings. The van der Waals surface area contributed by atoms with Crippen molar-refractivity contribution >= 4 is 11.6 Å². The summed E-state index contributed by atoms with van der Waals surface area (Å²) in [5.74, 6) is -2.35. The summed E-state index contributed by atoms with van der Waals surface area (Å²) in [5.41, 5.74) is 0. The highest BCUT2D eigenvalue weighted by molar-refractivity contribution is 6.42. The highest BCUT2D eigenvalue weighted by atomic mass is 19.4. The van der Waals surface area contributed by atoms with E-state index in [1.165, 1.54) is 18.4 Å². The molecule has 0 saturated heterocycles. The highest BCUT2D eigenvalue weighted by Crippen LogP contribution is 2.21. The molecule has 3 nitrogen and oxygen atoms in total. The third-order valence-electron chi connectivity index (χ3n) is 1.63. The van der Waals surface area contributed by atoms with Gasteiger partial charge in [-0.3, -0.25) is 9.59 Å². The fraction of sp³-hybridized carbons (Fsp3) is 0.333. The van der Waals surface area contributed by atoms with Crippen LogP contribution < -0.4 is 0 Å². The van der Waals surface area contributed by atoms with Gasteiger partial charge in [-0.25, -0.2) is 0 Å². The minimum absolute atomic E-state index is 0.234. The lowest BCUT2D eigenvalue weighted by Gasteiger charge is -2.03. The van der Waals surface area contributed by atoms with E-state index in [2.05, 4.69) is 4.42 Å². The van der Waals surface area contributed by atoms with E-state index in [1.807, 2.05) is 0 Å². The van der Waals surface area contributed by atoms with Crippen LogP contribution in [0, 0.1) is 0 Å². The van der Waals surface area contributed by atoms with Gasteiger partial charge in [0.15, 0.2) is 5.76 Å². The van der Waals surface area contributed by atoms with E-state index >= 15 is 0 Å². The van der Waals surface area contributed by atoms with Crippen molar-refractivity contribution in [2.75, 3.05) is 0 Å². The first-order chi connectivity index (χ1) is 6.90. The minimum atomic E-state index is -4.43. The minimum Gasteiger partial charge on any atom is -0.461 e. The van der Waals surface area contributed by atoms with Gasteiger partial charge >= 0.3 is 6.18 Å². The SMILES string of the molecule is O=C(CCC(F)(F)F)C(=O)c1ccco1. The predicted octanol–water partition coefficient (Wildman–Crippen LogP) is 2.37. The number of carbonyl (C=O) groups excluding carboxylic acids is 2. The van der Waals surface area contributed by atoms with Crippen molar-refractivity contribution in [2.45, 2.75) is 19.0 Å². The Morgan fingerprint density at radius 3 is 2.47 bits per heavy atom. The fourth-order valence-electron chi connectivity index (χ4n) is 0.914. The number of rotatable bonds is 4. The number of Topliss-reactive ketones (excluding diaryl/α,β-unsaturated/α-hetero) is 2. The molecule has 0 amide bonds. The Balaban J connectivity index is 2.52. The number of furan rings is 1. The first kappa shape index (κ1) is 11.5. The Morgan fingerprint density at radius 2 is 2.00 bits per heavy atom. The summed E-state index contributed by atoms with van der Waals surface area (Å²) in [4.78, 5) is 22.1. The van der Waals surface area contributed by atoms with Crippen LogP contribution in [0.3, 0.4) is 0 Å². The number of ketones is 2. The van der Waals surface area contributed by atoms with Gasteiger partial charge in [0, 0.05) is 6.42 Å². The summed E-state index contributed by atoms with van der Waals surface area (Å²) in [7, 11) is 0. The van der Waals surface area contributed by atoms with Crippen LogP contribution in [-0.4, -0.2) is 17.7 Å². The van der Waals surface area contributed by atoms with Crippen molar-refractivity contribution in [3.05, 3.63) is 24.2 Å². The summed E-state index contributed by atoms with van der Waals surface area (Å²) in [5, 5.41) is 0. The van der Waals surface area contributed by atoms with Gasteiger partial charge in [0.2, 0.25) is 5.78 Å². The second kappa shape index (κ2) is 4.29. The number of alkyl halides is 3. The molecule has 1 aromatic heterocycles. The summed E-state index contributed by atoms with van der Waals surface area (Å²) in [6.45, 7) is 0. The largest absolute Gasteiger partial charge is 0.461 e. The van der Waals surface area contributed by atoms with Crippen LogP contribution in [0.1, 0.15) is 23.4 Å². The fourth-order valence-corrected chi connectivity index (χ4v) is 0.914. The summed E-state index contributed by atoms with van der Waals surface area (Å²) in [6.07, 6.45) is -5.40. The van der Waals surface area contributed by atoms with Gasteiger partial charge < -0.3 is 4.42 Å². The van der Waals surface area contributed by atoms with Crippen molar-refractivity contribution in [2.24, 2.45) is 0 Å². The summed E-state index contributed by atoms with van der Waals surface area (Å²) < 4.78 is 39.8. The molecule has 15 heavy (non-hydrogen) atoms. The Morgan fingerprint density at radius 1 is 1.33 bits per heavy atom. The zero-order valence-electron chi connectivity index (χ0n) is 7.50. The lowest BCUT2D eigenvalue weighted by atomic mass is 10.1. The van der Waals surface area contributed by atoms with Crippen LogP contribution in [-0.2, 0) is 4.79 Å². The molecule has 6 heteroatoms. The Bertz CT molecular complexity index is 351. The lowest BCUT2D eigenvalue weighted by molar-refractivity contribution is -0.141. The van der Waals surface area contributed by atoms with Gasteiger partial charge in [0.1, 0.15) is 0 Å². The molecule has 0 atom stereocenters. The maximum absolute atomic E-state index is 11.7. The Hall–Kier alpha value is -1.59. The average Bonchev–Trinajstić information content (AvgIpc) is 2.64. The zero-order valence-corrected chi connectivity index (χ0v) is 7.50. The van der Waals surface area contributed by atoms with Crippen molar-refractivity contribution in [1.29, 1.82) is 0 Å². The van der Waals surface area contributed by atoms with Crippen LogP contribution in [0.15, 0.2) is 22.8 Å². The summed E-state index contributed by atoms with van der Waals surface area (Å²) >= 11 is 0. The molecule has 0 aromatic carbocycles. The van der Waals surface area contributed by atoms with E-state index in [1.54, 1.807) is 0 Å². The molecule has 0 spiro atoms. The topological polar surface area (TPSA) is 47.3 Å². The van der Waals surface area contributed by atoms with Gasteiger partial charge in [-0.05, 0) is 12.1 Å². The highest BCUT2D eigenvalue weighted by Gasteiger charge is 2.30. The average molecular weight is 220 g/mol. The lowest BCUT2D eigenvalue weighted by Crippen LogP contribution is -2.17. The molecule has 0 radical (unpaired) electrons. The van der Waals surface area contributed by atoms with Crippen molar-refractivity contribution in [3.63, 3.8) is 0 Å². The van der Waals surface area contributed by atoms with Gasteiger partial charge in [-0.2, -0.15) is 13.2 Å². The molecule has 0 saturated carbocycles. The maximum Gasteiger partial charge on any atom is 0.389 e. The second-order valence-corrected chi connectivity index (χ2v) is 2.84. The standard InChI is InChI=1S/C9H7F3O3/c10-9(11,12)4-3-6(13)8(14)7-2-1-5-15-7/h1-2,5H,3-4H2. The van der Waals surface area contributed by atoms with Crippen molar-refractivity contribution in [1.82, 2.24) is 0 Å². The molecular weight excluding hydrogens is 213 g/mol. The third kappa shape index (κ3) is 3.57. The van der Waals surface area contributed by atoms with E-state index < -0.39 is 30.6 Å². The zero-order chi connectivity index (χ0) is 11.5. The molecule has 1 aromatic rings. The molecule has 0 aliphatic rings. The van der Waals surface area contributed by atoms with Crippen LogP contribution in [0.4, 0.5) is 13.2 Å². The Kier molecular flexibility index (Phi) is 3.28. The van der Waals surface area contributed by atoms with Crippen LogP contribution in [0.25, 0.3) is 0 Å². The van der Waals surface area contributed by atoms with Gasteiger partial charge in [0.25, 0.3) is 5.78 Å². The van der Waals surface area contributed by atoms with Gasteiger partial charge in [-0.15, -0.1) is 0 Å². The first-order valence-corrected chi connectivity index (χ1v) is 4.08. The normalized spacial score (nSPS) is 11.4. The van der Waals surface area contributed by atoms with Crippen LogP contribution in [0.2, 0.25) is 0 Å². The van der Waals surface area contributed by atoms with E-state index in [-0.39, 0.29) is 5.76 Å².